The summed E-state index contributed by atoms with van der Waals surface area (Å²) in [6, 6.07) is 6.03. The van der Waals surface area contributed by atoms with Crippen LogP contribution in [0.2, 0.25) is 0 Å². The van der Waals surface area contributed by atoms with E-state index in [9.17, 15) is 4.79 Å². The first-order valence-corrected chi connectivity index (χ1v) is 7.51. The van der Waals surface area contributed by atoms with E-state index >= 15 is 0 Å². The maximum atomic E-state index is 11.0. The molecule has 0 aliphatic carbocycles. The van der Waals surface area contributed by atoms with Crippen LogP contribution in [0, 0.1) is 11.8 Å². The van der Waals surface area contributed by atoms with Crippen molar-refractivity contribution in [3.63, 3.8) is 0 Å². The fourth-order valence-electron chi connectivity index (χ4n) is 3.09. The van der Waals surface area contributed by atoms with E-state index in [1.807, 2.05) is 12.1 Å². The van der Waals surface area contributed by atoms with Crippen LogP contribution >= 0.6 is 0 Å². The molecule has 5 heteroatoms. The summed E-state index contributed by atoms with van der Waals surface area (Å²) in [5, 5.41) is 9.01. The number of carboxylic acid groups (broad SMARTS) is 1. The van der Waals surface area contributed by atoms with E-state index in [4.69, 9.17) is 14.6 Å². The number of hydrogen-bond donors (Lipinski definition) is 1. The number of rotatable bonds is 4. The highest BCUT2D eigenvalue weighted by atomic mass is 16.6. The van der Waals surface area contributed by atoms with Crippen molar-refractivity contribution >= 4 is 11.7 Å². The zero-order chi connectivity index (χ0) is 14.8. The van der Waals surface area contributed by atoms with Gasteiger partial charge in [0.25, 0.3) is 0 Å². The Morgan fingerprint density at radius 1 is 1.38 bits per heavy atom. The van der Waals surface area contributed by atoms with Crippen molar-refractivity contribution < 1.29 is 19.4 Å². The molecule has 2 atom stereocenters. The summed E-state index contributed by atoms with van der Waals surface area (Å²) in [5.41, 5.74) is 1.13. The Labute approximate surface area is 124 Å². The van der Waals surface area contributed by atoms with Crippen LogP contribution < -0.4 is 14.4 Å². The van der Waals surface area contributed by atoms with Crippen molar-refractivity contribution in [2.24, 2.45) is 11.8 Å². The summed E-state index contributed by atoms with van der Waals surface area (Å²) < 4.78 is 11.1. The normalized spacial score (nSPS) is 22.1. The molecule has 0 saturated carbocycles. The molecular weight excluding hydrogens is 270 g/mol. The van der Waals surface area contributed by atoms with Crippen LogP contribution in [0.4, 0.5) is 5.69 Å². The molecule has 2 aliphatic rings. The Balaban J connectivity index is 1.64. The maximum absolute atomic E-state index is 11.0. The van der Waals surface area contributed by atoms with Gasteiger partial charge in [-0.1, -0.05) is 6.92 Å². The van der Waals surface area contributed by atoms with Crippen LogP contribution in [0.3, 0.4) is 0 Å². The fourth-order valence-corrected chi connectivity index (χ4v) is 3.09. The molecule has 1 saturated heterocycles. The van der Waals surface area contributed by atoms with Gasteiger partial charge in [0.15, 0.2) is 11.5 Å². The quantitative estimate of drug-likeness (QED) is 0.923. The van der Waals surface area contributed by atoms with Crippen LogP contribution in [0.15, 0.2) is 18.2 Å². The summed E-state index contributed by atoms with van der Waals surface area (Å²) in [7, 11) is 0. The molecule has 0 aromatic heterocycles. The molecule has 0 radical (unpaired) electrons. The Bertz CT molecular complexity index is 531. The fraction of sp³-hybridized carbons (Fsp3) is 0.562. The smallest absolute Gasteiger partial charge is 0.306 e. The van der Waals surface area contributed by atoms with Gasteiger partial charge in [-0.05, 0) is 30.9 Å². The van der Waals surface area contributed by atoms with Crippen molar-refractivity contribution in [3.8, 4) is 11.5 Å². The number of carbonyl (C=O) groups is 1. The molecule has 1 N–H and O–H groups in total. The minimum Gasteiger partial charge on any atom is -0.486 e. The van der Waals surface area contributed by atoms with Crippen molar-refractivity contribution in [1.29, 1.82) is 0 Å². The number of nitrogens with zero attached hydrogens (tertiary/aromatic N) is 1. The molecular formula is C16H21NO4. The topological polar surface area (TPSA) is 59.0 Å². The lowest BCUT2D eigenvalue weighted by Crippen LogP contribution is -2.22. The Hall–Kier alpha value is -1.91. The minimum absolute atomic E-state index is 0.268. The molecule has 0 spiro atoms. The lowest BCUT2D eigenvalue weighted by molar-refractivity contribution is -0.141. The standard InChI is InChI=1S/C16H21NO4/c1-11(16(18)19)8-12-4-5-17(10-12)13-2-3-14-15(9-13)21-7-6-20-14/h2-3,9,11-12H,4-8,10H2,1H3,(H,18,19). The molecule has 114 valence electrons. The van der Waals surface area contributed by atoms with Crippen LogP contribution in [0.5, 0.6) is 11.5 Å². The molecule has 3 rings (SSSR count). The molecule has 1 aromatic carbocycles. The third-order valence-electron chi connectivity index (χ3n) is 4.29. The number of carboxylic acids is 1. The molecule has 0 bridgehead atoms. The van der Waals surface area contributed by atoms with E-state index in [1.54, 1.807) is 6.92 Å². The van der Waals surface area contributed by atoms with Crippen LogP contribution in [-0.2, 0) is 4.79 Å². The Morgan fingerprint density at radius 3 is 2.90 bits per heavy atom. The van der Waals surface area contributed by atoms with Gasteiger partial charge < -0.3 is 19.5 Å². The molecule has 2 unspecified atom stereocenters. The van der Waals surface area contributed by atoms with Gasteiger partial charge in [-0.3, -0.25) is 4.79 Å². The average molecular weight is 291 g/mol. The first-order valence-electron chi connectivity index (χ1n) is 7.51. The number of benzene rings is 1. The number of fused-ring (bicyclic) bond motifs is 1. The highest BCUT2D eigenvalue weighted by Gasteiger charge is 2.27. The summed E-state index contributed by atoms with van der Waals surface area (Å²) in [5.74, 6) is 1.09. The summed E-state index contributed by atoms with van der Waals surface area (Å²) in [6.07, 6.45) is 1.79. The lowest BCUT2D eigenvalue weighted by Gasteiger charge is -2.23. The van der Waals surface area contributed by atoms with Gasteiger partial charge in [-0.25, -0.2) is 0 Å². The highest BCUT2D eigenvalue weighted by Crippen LogP contribution is 2.36. The van der Waals surface area contributed by atoms with E-state index < -0.39 is 5.97 Å². The van der Waals surface area contributed by atoms with Gasteiger partial charge in [-0.2, -0.15) is 0 Å². The second-order valence-electron chi connectivity index (χ2n) is 5.90. The lowest BCUT2D eigenvalue weighted by atomic mass is 9.95. The summed E-state index contributed by atoms with van der Waals surface area (Å²) in [4.78, 5) is 13.3. The molecule has 2 heterocycles. The van der Waals surface area contributed by atoms with E-state index in [-0.39, 0.29) is 5.92 Å². The van der Waals surface area contributed by atoms with E-state index in [1.165, 1.54) is 0 Å². The van der Waals surface area contributed by atoms with Gasteiger partial charge in [0, 0.05) is 24.8 Å². The molecule has 1 aromatic rings. The number of anilines is 1. The number of aliphatic carboxylic acids is 1. The molecule has 21 heavy (non-hydrogen) atoms. The van der Waals surface area contributed by atoms with E-state index in [2.05, 4.69) is 11.0 Å². The maximum Gasteiger partial charge on any atom is 0.306 e. The van der Waals surface area contributed by atoms with Gasteiger partial charge in [0.05, 0.1) is 5.92 Å². The second kappa shape index (κ2) is 5.84. The van der Waals surface area contributed by atoms with Crippen molar-refractivity contribution in [1.82, 2.24) is 0 Å². The van der Waals surface area contributed by atoms with Gasteiger partial charge in [-0.15, -0.1) is 0 Å². The highest BCUT2D eigenvalue weighted by molar-refractivity contribution is 5.69. The van der Waals surface area contributed by atoms with Crippen LogP contribution in [0.1, 0.15) is 19.8 Å². The SMILES string of the molecule is CC(CC1CCN(c2ccc3c(c2)OCCO3)C1)C(=O)O. The third kappa shape index (κ3) is 3.06. The van der Waals surface area contributed by atoms with Crippen molar-refractivity contribution in [2.75, 3.05) is 31.2 Å². The molecule has 1 fully saturated rings. The molecule has 2 aliphatic heterocycles. The predicted octanol–water partition coefficient (Wildman–Crippen LogP) is 2.39. The molecule has 0 amide bonds. The van der Waals surface area contributed by atoms with Crippen LogP contribution in [-0.4, -0.2) is 37.4 Å². The average Bonchev–Trinajstić information content (AvgIpc) is 2.95. The predicted molar refractivity (Wildman–Crippen MR) is 79.2 cm³/mol. The summed E-state index contributed by atoms with van der Waals surface area (Å²) in [6.45, 7) is 4.86. The van der Waals surface area contributed by atoms with Crippen molar-refractivity contribution in [2.45, 2.75) is 19.8 Å². The van der Waals surface area contributed by atoms with E-state index in [0.29, 0.717) is 19.1 Å². The third-order valence-corrected chi connectivity index (χ3v) is 4.29. The largest absolute Gasteiger partial charge is 0.486 e. The minimum atomic E-state index is -0.701. The zero-order valence-corrected chi connectivity index (χ0v) is 12.2. The first-order chi connectivity index (χ1) is 10.1. The van der Waals surface area contributed by atoms with E-state index in [0.717, 1.165) is 43.1 Å². The van der Waals surface area contributed by atoms with Gasteiger partial charge in [0.2, 0.25) is 0 Å². The second-order valence-corrected chi connectivity index (χ2v) is 5.90. The summed E-state index contributed by atoms with van der Waals surface area (Å²) >= 11 is 0. The molecule has 5 nitrogen and oxygen atoms in total. The van der Waals surface area contributed by atoms with Gasteiger partial charge in [0.1, 0.15) is 13.2 Å². The zero-order valence-electron chi connectivity index (χ0n) is 12.2. The number of ether oxygens (including phenoxy) is 2. The number of hydrogen-bond acceptors (Lipinski definition) is 4. The monoisotopic (exact) mass is 291 g/mol. The van der Waals surface area contributed by atoms with Crippen molar-refractivity contribution in [3.05, 3.63) is 18.2 Å². The Kier molecular flexibility index (Phi) is 3.90. The van der Waals surface area contributed by atoms with Crippen LogP contribution in [0.25, 0.3) is 0 Å². The van der Waals surface area contributed by atoms with Gasteiger partial charge >= 0.3 is 5.97 Å². The Morgan fingerprint density at radius 2 is 2.14 bits per heavy atom. The first kappa shape index (κ1) is 14.0.